The lowest BCUT2D eigenvalue weighted by molar-refractivity contribution is 0.101. The molecule has 5 nitrogen and oxygen atoms in total. The van der Waals surface area contributed by atoms with E-state index >= 15 is 0 Å². The lowest BCUT2D eigenvalue weighted by atomic mass is 10.1. The van der Waals surface area contributed by atoms with E-state index in [0.29, 0.717) is 5.75 Å². The highest BCUT2D eigenvalue weighted by molar-refractivity contribution is 7.89. The molecule has 0 spiro atoms. The Labute approximate surface area is 134 Å². The van der Waals surface area contributed by atoms with Gasteiger partial charge in [-0.1, -0.05) is 24.3 Å². The van der Waals surface area contributed by atoms with Gasteiger partial charge >= 0.3 is 0 Å². The van der Waals surface area contributed by atoms with Crippen LogP contribution in [0.2, 0.25) is 0 Å². The Kier molecular flexibility index (Phi) is 3.69. The Morgan fingerprint density at radius 3 is 2.35 bits per heavy atom. The normalized spacial score (nSPS) is 17.9. The van der Waals surface area contributed by atoms with E-state index in [-0.39, 0.29) is 21.9 Å². The third kappa shape index (κ3) is 2.51. The van der Waals surface area contributed by atoms with Crippen LogP contribution in [-0.4, -0.2) is 32.7 Å². The molecule has 23 heavy (non-hydrogen) atoms. The van der Waals surface area contributed by atoms with Crippen LogP contribution in [0.25, 0.3) is 6.08 Å². The fourth-order valence-corrected chi connectivity index (χ4v) is 3.83. The monoisotopic (exact) mass is 329 g/mol. The van der Waals surface area contributed by atoms with E-state index < -0.39 is 10.0 Å². The van der Waals surface area contributed by atoms with Crippen LogP contribution in [0.1, 0.15) is 15.9 Å². The molecule has 0 radical (unpaired) electrons. The first-order chi connectivity index (χ1) is 10.9. The van der Waals surface area contributed by atoms with Crippen molar-refractivity contribution in [3.63, 3.8) is 0 Å². The van der Waals surface area contributed by atoms with Crippen LogP contribution in [0.5, 0.6) is 5.75 Å². The van der Waals surface area contributed by atoms with E-state index in [2.05, 4.69) is 0 Å². The molecule has 0 unspecified atom stereocenters. The Morgan fingerprint density at radius 2 is 1.70 bits per heavy atom. The minimum absolute atomic E-state index is 0.0411. The lowest BCUT2D eigenvalue weighted by Crippen LogP contribution is -2.36. The van der Waals surface area contributed by atoms with Gasteiger partial charge in [0.1, 0.15) is 11.4 Å². The summed E-state index contributed by atoms with van der Waals surface area (Å²) in [4.78, 5) is 12.7. The van der Waals surface area contributed by atoms with Gasteiger partial charge in [0.2, 0.25) is 5.78 Å². The number of sulfonamides is 1. The molecule has 0 amide bonds. The lowest BCUT2D eigenvalue weighted by Gasteiger charge is -2.27. The number of Topliss-reactive ketones (excluding diaryl/α,β-unsaturated/α-hetero) is 1. The molecule has 0 atom stereocenters. The van der Waals surface area contributed by atoms with E-state index in [1.54, 1.807) is 49.6 Å². The quantitative estimate of drug-likeness (QED) is 0.794. The molecule has 1 aliphatic heterocycles. The molecular formula is C17H15NO4S. The van der Waals surface area contributed by atoms with Gasteiger partial charge in [-0.15, -0.1) is 0 Å². The molecule has 0 aliphatic carbocycles. The number of ketones is 1. The number of hydrogen-bond acceptors (Lipinski definition) is 4. The molecule has 0 fully saturated rings. The molecule has 2 aromatic carbocycles. The molecule has 0 bridgehead atoms. The summed E-state index contributed by atoms with van der Waals surface area (Å²) < 4.78 is 31.2. The van der Waals surface area contributed by atoms with Crippen LogP contribution in [0.3, 0.4) is 0 Å². The molecule has 118 valence electrons. The molecule has 2 aromatic rings. The molecule has 3 rings (SSSR count). The second-order valence-electron chi connectivity index (χ2n) is 5.10. The van der Waals surface area contributed by atoms with Gasteiger partial charge in [0.15, 0.2) is 0 Å². The molecule has 0 aromatic heterocycles. The van der Waals surface area contributed by atoms with Crippen molar-refractivity contribution in [3.8, 4) is 5.75 Å². The van der Waals surface area contributed by atoms with E-state index in [1.165, 1.54) is 19.2 Å². The highest BCUT2D eigenvalue weighted by Crippen LogP contribution is 2.31. The van der Waals surface area contributed by atoms with Crippen LogP contribution in [0.4, 0.5) is 0 Å². The number of benzene rings is 2. The first-order valence-corrected chi connectivity index (χ1v) is 8.37. The van der Waals surface area contributed by atoms with Gasteiger partial charge in [-0.25, -0.2) is 8.42 Å². The van der Waals surface area contributed by atoms with Crippen molar-refractivity contribution < 1.29 is 17.9 Å². The van der Waals surface area contributed by atoms with Crippen LogP contribution in [0, 0.1) is 0 Å². The number of fused-ring (bicyclic) bond motifs is 1. The molecule has 1 heterocycles. The zero-order chi connectivity index (χ0) is 16.6. The number of carbonyl (C=O) groups is 1. The standard InChI is InChI=1S/C17H15NO4S/c1-18-15(11-12-7-9-13(22-2)10-8-12)17(19)14-5-3-4-6-16(14)23(18,20)21/h3-11H,1-2H3/b15-11+. The Morgan fingerprint density at radius 1 is 1.04 bits per heavy atom. The van der Waals surface area contributed by atoms with Crippen molar-refractivity contribution in [1.29, 1.82) is 0 Å². The summed E-state index contributed by atoms with van der Waals surface area (Å²) in [6.07, 6.45) is 1.56. The van der Waals surface area contributed by atoms with Crippen LogP contribution in [0.15, 0.2) is 59.1 Å². The second kappa shape index (κ2) is 5.55. The van der Waals surface area contributed by atoms with Crippen molar-refractivity contribution in [1.82, 2.24) is 4.31 Å². The van der Waals surface area contributed by atoms with Gasteiger partial charge in [0, 0.05) is 12.6 Å². The highest BCUT2D eigenvalue weighted by atomic mass is 32.2. The third-order valence-corrected chi connectivity index (χ3v) is 5.59. The van der Waals surface area contributed by atoms with Crippen molar-refractivity contribution in [2.75, 3.05) is 14.2 Å². The number of rotatable bonds is 2. The number of allylic oxidation sites excluding steroid dienone is 1. The van der Waals surface area contributed by atoms with Gasteiger partial charge in [0.25, 0.3) is 10.0 Å². The van der Waals surface area contributed by atoms with E-state index in [1.807, 2.05) is 0 Å². The first-order valence-electron chi connectivity index (χ1n) is 6.93. The third-order valence-electron chi connectivity index (χ3n) is 3.76. The largest absolute Gasteiger partial charge is 0.497 e. The van der Waals surface area contributed by atoms with E-state index in [0.717, 1.165) is 9.87 Å². The molecule has 6 heteroatoms. The molecule has 1 aliphatic rings. The summed E-state index contributed by atoms with van der Waals surface area (Å²) in [5.41, 5.74) is 1.04. The Hall–Kier alpha value is -2.60. The number of nitrogens with zero attached hydrogens (tertiary/aromatic N) is 1. The number of methoxy groups -OCH3 is 1. The average Bonchev–Trinajstić information content (AvgIpc) is 2.58. The maximum atomic E-state index is 12.6. The summed E-state index contributed by atoms with van der Waals surface area (Å²) in [6.45, 7) is 0. The predicted octanol–water partition coefficient (Wildman–Crippen LogP) is 2.55. The van der Waals surface area contributed by atoms with Gasteiger partial charge in [0.05, 0.1) is 12.0 Å². The van der Waals surface area contributed by atoms with Crippen molar-refractivity contribution in [2.45, 2.75) is 4.90 Å². The maximum Gasteiger partial charge on any atom is 0.264 e. The number of likely N-dealkylation sites (N-methyl/N-ethyl adjacent to an activating group) is 1. The van der Waals surface area contributed by atoms with Crippen LogP contribution >= 0.6 is 0 Å². The molecule has 0 saturated carbocycles. The van der Waals surface area contributed by atoms with Gasteiger partial charge < -0.3 is 4.74 Å². The first kappa shape index (κ1) is 15.3. The fourth-order valence-electron chi connectivity index (χ4n) is 2.45. The predicted molar refractivity (Wildman–Crippen MR) is 86.7 cm³/mol. The Balaban J connectivity index is 2.13. The summed E-state index contributed by atoms with van der Waals surface area (Å²) in [6, 6.07) is 13.3. The molecule has 0 N–H and O–H groups in total. The topological polar surface area (TPSA) is 63.7 Å². The minimum atomic E-state index is -3.72. The minimum Gasteiger partial charge on any atom is -0.497 e. The molecule has 0 saturated heterocycles. The fraction of sp³-hybridized carbons (Fsp3) is 0.118. The highest BCUT2D eigenvalue weighted by Gasteiger charge is 2.36. The van der Waals surface area contributed by atoms with Crippen LogP contribution < -0.4 is 4.74 Å². The Bertz CT molecular complexity index is 898. The van der Waals surface area contributed by atoms with Crippen LogP contribution in [-0.2, 0) is 10.0 Å². The van der Waals surface area contributed by atoms with Crippen molar-refractivity contribution in [3.05, 3.63) is 65.4 Å². The SMILES string of the molecule is COc1ccc(/C=C2\C(=O)c3ccccc3S(=O)(=O)N2C)cc1. The van der Waals surface area contributed by atoms with Crippen molar-refractivity contribution >= 4 is 21.9 Å². The van der Waals surface area contributed by atoms with E-state index in [9.17, 15) is 13.2 Å². The zero-order valence-corrected chi connectivity index (χ0v) is 13.5. The summed E-state index contributed by atoms with van der Waals surface area (Å²) in [7, 11) is -0.764. The van der Waals surface area contributed by atoms with Gasteiger partial charge in [-0.3, -0.25) is 9.10 Å². The average molecular weight is 329 g/mol. The van der Waals surface area contributed by atoms with Gasteiger partial charge in [-0.2, -0.15) is 0 Å². The smallest absolute Gasteiger partial charge is 0.264 e. The summed E-state index contributed by atoms with van der Waals surface area (Å²) in [5.74, 6) is 0.377. The number of carbonyl (C=O) groups excluding carboxylic acids is 1. The molecular weight excluding hydrogens is 314 g/mol. The number of hydrogen-bond donors (Lipinski definition) is 0. The zero-order valence-electron chi connectivity index (χ0n) is 12.7. The summed E-state index contributed by atoms with van der Waals surface area (Å²) >= 11 is 0. The van der Waals surface area contributed by atoms with Gasteiger partial charge in [-0.05, 0) is 35.9 Å². The second-order valence-corrected chi connectivity index (χ2v) is 7.04. The van der Waals surface area contributed by atoms with Crippen molar-refractivity contribution in [2.24, 2.45) is 0 Å². The number of ether oxygens (including phenoxy) is 1. The van der Waals surface area contributed by atoms with E-state index in [4.69, 9.17) is 4.74 Å². The summed E-state index contributed by atoms with van der Waals surface area (Å²) in [5, 5.41) is 0. The maximum absolute atomic E-state index is 12.6.